The summed E-state index contributed by atoms with van der Waals surface area (Å²) in [5.74, 6) is -5.35. The van der Waals surface area contributed by atoms with Gasteiger partial charge >= 0.3 is 23.9 Å². The fourth-order valence-electron chi connectivity index (χ4n) is 2.10. The number of carbonyl (C=O) groups excluding carboxylic acids is 4. The lowest BCUT2D eigenvalue weighted by molar-refractivity contribution is -0.179. The van der Waals surface area contributed by atoms with Gasteiger partial charge in [0.05, 0.1) is 11.8 Å². The van der Waals surface area contributed by atoms with Crippen molar-refractivity contribution < 1.29 is 28.7 Å². The van der Waals surface area contributed by atoms with E-state index in [1.807, 2.05) is 13.8 Å². The van der Waals surface area contributed by atoms with E-state index < -0.39 is 35.7 Å². The van der Waals surface area contributed by atoms with E-state index in [2.05, 4.69) is 9.47 Å². The lowest BCUT2D eigenvalue weighted by Crippen LogP contribution is -2.29. The van der Waals surface area contributed by atoms with Gasteiger partial charge in [0.15, 0.2) is 0 Å². The summed E-state index contributed by atoms with van der Waals surface area (Å²) in [5, 5.41) is 0. The molecule has 0 bridgehead atoms. The topological polar surface area (TPSA) is 86.7 Å². The Kier molecular flexibility index (Phi) is 11.8. The molecule has 24 heavy (non-hydrogen) atoms. The lowest BCUT2D eigenvalue weighted by atomic mass is 10.0. The number of carbonyl (C=O) groups is 4. The maximum atomic E-state index is 11.7. The van der Waals surface area contributed by atoms with Gasteiger partial charge in [-0.2, -0.15) is 0 Å². The Hall–Kier alpha value is -1.72. The summed E-state index contributed by atoms with van der Waals surface area (Å²) in [7, 11) is 0. The smallest absolute Gasteiger partial charge is 0.384 e. The fourth-order valence-corrected chi connectivity index (χ4v) is 2.10. The van der Waals surface area contributed by atoms with E-state index >= 15 is 0 Å². The molecule has 0 spiro atoms. The van der Waals surface area contributed by atoms with Crippen LogP contribution in [0.2, 0.25) is 0 Å². The van der Waals surface area contributed by atoms with Gasteiger partial charge in [0.2, 0.25) is 0 Å². The molecule has 6 heteroatoms. The second kappa shape index (κ2) is 12.7. The summed E-state index contributed by atoms with van der Waals surface area (Å²) in [6, 6.07) is 0. The highest BCUT2D eigenvalue weighted by molar-refractivity contribution is 6.33. The normalized spacial score (nSPS) is 13.0. The molecule has 0 aromatic rings. The highest BCUT2D eigenvalue weighted by Gasteiger charge is 2.28. The molecule has 0 aliphatic carbocycles. The largest absolute Gasteiger partial charge is 0.425 e. The Morgan fingerprint density at radius 2 is 1.00 bits per heavy atom. The van der Waals surface area contributed by atoms with E-state index in [0.29, 0.717) is 12.8 Å². The van der Waals surface area contributed by atoms with E-state index in [9.17, 15) is 19.2 Å². The zero-order valence-corrected chi connectivity index (χ0v) is 15.3. The van der Waals surface area contributed by atoms with Crippen LogP contribution in [-0.4, -0.2) is 23.9 Å². The van der Waals surface area contributed by atoms with Gasteiger partial charge in [-0.15, -0.1) is 0 Å². The second-order valence-corrected chi connectivity index (χ2v) is 6.21. The lowest BCUT2D eigenvalue weighted by Gasteiger charge is -2.11. The molecule has 0 aromatic heterocycles. The van der Waals surface area contributed by atoms with Gasteiger partial charge in [-0.1, -0.05) is 66.2 Å². The summed E-state index contributed by atoms with van der Waals surface area (Å²) in [5.41, 5.74) is 0. The molecule has 6 nitrogen and oxygen atoms in total. The first-order chi connectivity index (χ1) is 11.3. The van der Waals surface area contributed by atoms with E-state index in [1.54, 1.807) is 13.8 Å². The van der Waals surface area contributed by atoms with Crippen LogP contribution in [0, 0.1) is 11.8 Å². The Balaban J connectivity index is 4.24. The van der Waals surface area contributed by atoms with E-state index in [0.717, 1.165) is 38.5 Å². The van der Waals surface area contributed by atoms with Gasteiger partial charge in [-0.05, 0) is 12.8 Å². The van der Waals surface area contributed by atoms with Crippen molar-refractivity contribution in [3.63, 3.8) is 0 Å². The molecule has 0 radical (unpaired) electrons. The average Bonchev–Trinajstić information content (AvgIpc) is 2.54. The molecule has 0 rings (SSSR count). The Morgan fingerprint density at radius 3 is 1.29 bits per heavy atom. The van der Waals surface area contributed by atoms with Crippen molar-refractivity contribution in [1.29, 1.82) is 0 Å². The predicted molar refractivity (Wildman–Crippen MR) is 88.8 cm³/mol. The number of unbranched alkanes of at least 4 members (excludes halogenated alkanes) is 4. The standard InChI is InChI=1S/C18H30O6/c1-5-7-9-11-13(3)15(19)23-17(21)18(22)24-16(20)14(4)12-10-8-6-2/h13-14H,5-12H2,1-4H3. The van der Waals surface area contributed by atoms with Crippen LogP contribution >= 0.6 is 0 Å². The summed E-state index contributed by atoms with van der Waals surface area (Å²) in [6.07, 6.45) is 6.87. The molecule has 0 amide bonds. The summed E-state index contributed by atoms with van der Waals surface area (Å²) >= 11 is 0. The van der Waals surface area contributed by atoms with Crippen molar-refractivity contribution in [2.24, 2.45) is 11.8 Å². The number of hydrogen-bond donors (Lipinski definition) is 0. The molecule has 0 heterocycles. The minimum atomic E-state index is -1.43. The quantitative estimate of drug-likeness (QED) is 0.261. The molecule has 0 saturated carbocycles. The highest BCUT2D eigenvalue weighted by atomic mass is 16.6. The van der Waals surface area contributed by atoms with Crippen molar-refractivity contribution >= 4 is 23.9 Å². The number of ether oxygens (including phenoxy) is 2. The summed E-state index contributed by atoms with van der Waals surface area (Å²) in [6.45, 7) is 7.36. The van der Waals surface area contributed by atoms with Crippen molar-refractivity contribution in [1.82, 2.24) is 0 Å². The summed E-state index contributed by atoms with van der Waals surface area (Å²) in [4.78, 5) is 46.5. The molecule has 0 N–H and O–H groups in total. The van der Waals surface area contributed by atoms with Crippen LogP contribution in [0.1, 0.15) is 79.1 Å². The molecule has 0 saturated heterocycles. The van der Waals surface area contributed by atoms with Crippen LogP contribution in [0.3, 0.4) is 0 Å². The molecular formula is C18H30O6. The Morgan fingerprint density at radius 1 is 0.667 bits per heavy atom. The first-order valence-electron chi connectivity index (χ1n) is 8.85. The molecule has 0 aromatic carbocycles. The van der Waals surface area contributed by atoms with Gasteiger partial charge in [0.1, 0.15) is 0 Å². The molecule has 2 unspecified atom stereocenters. The van der Waals surface area contributed by atoms with Gasteiger partial charge in [0.25, 0.3) is 0 Å². The highest BCUT2D eigenvalue weighted by Crippen LogP contribution is 2.13. The third-order valence-electron chi connectivity index (χ3n) is 3.84. The molecule has 2 atom stereocenters. The zero-order valence-electron chi connectivity index (χ0n) is 15.3. The molecule has 0 aliphatic heterocycles. The first kappa shape index (κ1) is 22.3. The maximum Gasteiger partial charge on any atom is 0.425 e. The zero-order chi connectivity index (χ0) is 18.5. The minimum Gasteiger partial charge on any atom is -0.384 e. The van der Waals surface area contributed by atoms with Gasteiger partial charge in [0, 0.05) is 0 Å². The van der Waals surface area contributed by atoms with E-state index in [-0.39, 0.29) is 0 Å². The van der Waals surface area contributed by atoms with Crippen molar-refractivity contribution in [3.05, 3.63) is 0 Å². The monoisotopic (exact) mass is 342 g/mol. The van der Waals surface area contributed by atoms with Crippen molar-refractivity contribution in [2.45, 2.75) is 79.1 Å². The van der Waals surface area contributed by atoms with E-state index in [4.69, 9.17) is 0 Å². The van der Waals surface area contributed by atoms with Crippen molar-refractivity contribution in [3.8, 4) is 0 Å². The Bertz CT molecular complexity index is 389. The Labute approximate surface area is 144 Å². The molecule has 0 aliphatic rings. The average molecular weight is 342 g/mol. The van der Waals surface area contributed by atoms with Gasteiger partial charge in [-0.25, -0.2) is 9.59 Å². The third kappa shape index (κ3) is 9.43. The van der Waals surface area contributed by atoms with E-state index in [1.165, 1.54) is 0 Å². The van der Waals surface area contributed by atoms with Crippen molar-refractivity contribution in [2.75, 3.05) is 0 Å². The molecular weight excluding hydrogens is 312 g/mol. The first-order valence-corrected chi connectivity index (χ1v) is 8.85. The second-order valence-electron chi connectivity index (χ2n) is 6.21. The van der Waals surface area contributed by atoms with Crippen LogP contribution in [0.5, 0.6) is 0 Å². The summed E-state index contributed by atoms with van der Waals surface area (Å²) < 4.78 is 8.96. The molecule has 138 valence electrons. The van der Waals surface area contributed by atoms with Crippen LogP contribution < -0.4 is 0 Å². The van der Waals surface area contributed by atoms with Crippen LogP contribution in [0.15, 0.2) is 0 Å². The number of rotatable bonds is 10. The number of esters is 4. The predicted octanol–water partition coefficient (Wildman–Crippen LogP) is 3.56. The maximum absolute atomic E-state index is 11.7. The molecule has 0 fully saturated rings. The van der Waals surface area contributed by atoms with Crippen LogP contribution in [-0.2, 0) is 28.7 Å². The third-order valence-corrected chi connectivity index (χ3v) is 3.84. The van der Waals surface area contributed by atoms with Crippen LogP contribution in [0.4, 0.5) is 0 Å². The SMILES string of the molecule is CCCCCC(C)C(=O)OC(=O)C(=O)OC(=O)C(C)CCCCC. The van der Waals surface area contributed by atoms with Crippen LogP contribution in [0.25, 0.3) is 0 Å². The fraction of sp³-hybridized carbons (Fsp3) is 0.778. The van der Waals surface area contributed by atoms with Gasteiger partial charge in [-0.3, -0.25) is 9.59 Å². The minimum absolute atomic E-state index is 0.475. The van der Waals surface area contributed by atoms with Gasteiger partial charge < -0.3 is 9.47 Å². The number of hydrogen-bond acceptors (Lipinski definition) is 6.